The van der Waals surface area contributed by atoms with Gasteiger partial charge in [0, 0.05) is 0 Å². The van der Waals surface area contributed by atoms with E-state index in [1.165, 1.54) is 11.1 Å². The maximum atomic E-state index is 12.8. The molecule has 10 nitrogen and oxygen atoms in total. The summed E-state index contributed by atoms with van der Waals surface area (Å²) in [4.78, 5) is 28.8. The van der Waals surface area contributed by atoms with E-state index in [2.05, 4.69) is 38.3 Å². The van der Waals surface area contributed by atoms with Crippen LogP contribution in [0.2, 0.25) is 5.02 Å². The molecule has 3 aromatic rings. The number of carbonyl (C=O) groups excluding carboxylic acids is 1. The Morgan fingerprint density at radius 1 is 0.977 bits per heavy atom. The molecular weight excluding hydrogens is 643 g/mol. The summed E-state index contributed by atoms with van der Waals surface area (Å²) < 4.78 is 19.0. The number of likely N-dealkylation sites (tertiary alicyclic amines) is 1. The van der Waals surface area contributed by atoms with Gasteiger partial charge in [0.2, 0.25) is 0 Å². The van der Waals surface area contributed by atoms with Crippen LogP contribution in [0.3, 0.4) is 0 Å². The molecular formula is C32H40AsClN6O4. The van der Waals surface area contributed by atoms with Crippen molar-refractivity contribution < 1.29 is 19.0 Å². The molecule has 1 unspecified atom stereocenters. The number of fused-ring (bicyclic) bond motifs is 1. The molecule has 12 heteroatoms. The zero-order valence-electron chi connectivity index (χ0n) is 25.4. The van der Waals surface area contributed by atoms with Crippen molar-refractivity contribution >= 4 is 59.4 Å². The van der Waals surface area contributed by atoms with Gasteiger partial charge < -0.3 is 0 Å². The molecule has 3 aliphatic rings. The van der Waals surface area contributed by atoms with E-state index in [4.69, 9.17) is 30.8 Å². The number of aromatic nitrogens is 2. The number of methoxy groups -OCH3 is 2. The number of halogens is 1. The van der Waals surface area contributed by atoms with Gasteiger partial charge in [-0.1, -0.05) is 0 Å². The van der Waals surface area contributed by atoms with Crippen molar-refractivity contribution in [2.75, 3.05) is 83.5 Å². The van der Waals surface area contributed by atoms with Gasteiger partial charge in [-0.15, -0.1) is 0 Å². The van der Waals surface area contributed by atoms with Crippen molar-refractivity contribution in [3.8, 4) is 11.5 Å². The molecule has 0 spiro atoms. The molecule has 44 heavy (non-hydrogen) atoms. The molecule has 1 amide bonds. The molecule has 3 aliphatic heterocycles. The van der Waals surface area contributed by atoms with Crippen LogP contribution in [0.5, 0.6) is 11.5 Å². The molecule has 0 aliphatic carbocycles. The number of anilines is 3. The number of carbonyl (C=O) groups is 1. The Labute approximate surface area is 270 Å². The van der Waals surface area contributed by atoms with Crippen LogP contribution in [0.1, 0.15) is 24.0 Å². The fourth-order valence-corrected chi connectivity index (χ4v) is 8.46. The predicted octanol–water partition coefficient (Wildman–Crippen LogP) is 2.14. The Kier molecular flexibility index (Phi) is 10.1. The van der Waals surface area contributed by atoms with Crippen molar-refractivity contribution in [3.63, 3.8) is 0 Å². The number of rotatable bonds is 9. The number of nitrogens with one attached hydrogen (secondary N) is 1. The van der Waals surface area contributed by atoms with Gasteiger partial charge in [-0.05, 0) is 0 Å². The fraction of sp³-hybridized carbons (Fsp3) is 0.469. The standard InChI is InChI=1S/C32H40AsClN6O4/c1-42-28-18-23-8-12-38(21-30(41)40-9-3-4-10-40)11-7-22(23)17-25(28)33-32-35-20-26(34)31(37-32)36-27-6-5-24(19-29(27)43-2)39-13-15-44-16-14-39/h5-6,17-20,33H,3-4,7-16,21H2,1-2H3,(H,35,36,37). The van der Waals surface area contributed by atoms with Gasteiger partial charge >= 0.3 is 272 Å². The first-order valence-electron chi connectivity index (χ1n) is 15.3. The number of amides is 1. The number of morpholine rings is 1. The summed E-state index contributed by atoms with van der Waals surface area (Å²) in [5.41, 5.74) is 4.48. The quantitative estimate of drug-likeness (QED) is 0.341. The first-order valence-corrected chi connectivity index (χ1v) is 17.8. The van der Waals surface area contributed by atoms with Gasteiger partial charge in [0.1, 0.15) is 0 Å². The van der Waals surface area contributed by atoms with Crippen LogP contribution in [0, 0.1) is 0 Å². The topological polar surface area (TPSA) is 92.3 Å². The van der Waals surface area contributed by atoms with Crippen LogP contribution in [0.4, 0.5) is 17.2 Å². The van der Waals surface area contributed by atoms with Crippen molar-refractivity contribution in [2.24, 2.45) is 0 Å². The van der Waals surface area contributed by atoms with Crippen LogP contribution in [0.15, 0.2) is 36.5 Å². The van der Waals surface area contributed by atoms with Gasteiger partial charge in [0.15, 0.2) is 0 Å². The van der Waals surface area contributed by atoms with Gasteiger partial charge in [-0.25, -0.2) is 0 Å². The average Bonchev–Trinajstić information content (AvgIpc) is 3.53. The molecule has 1 atom stereocenters. The van der Waals surface area contributed by atoms with Gasteiger partial charge in [0.05, 0.1) is 0 Å². The van der Waals surface area contributed by atoms with E-state index in [-0.39, 0.29) is 5.91 Å². The second kappa shape index (κ2) is 14.4. The summed E-state index contributed by atoms with van der Waals surface area (Å²) >= 11 is 5.64. The molecule has 2 aromatic carbocycles. The van der Waals surface area contributed by atoms with Crippen LogP contribution in [-0.2, 0) is 22.4 Å². The van der Waals surface area contributed by atoms with E-state index >= 15 is 0 Å². The van der Waals surface area contributed by atoms with Crippen LogP contribution in [0.25, 0.3) is 0 Å². The van der Waals surface area contributed by atoms with Gasteiger partial charge in [0.25, 0.3) is 0 Å². The first-order chi connectivity index (χ1) is 21.5. The molecule has 6 rings (SSSR count). The Bertz CT molecular complexity index is 1480. The first kappa shape index (κ1) is 31.0. The monoisotopic (exact) mass is 682 g/mol. The number of hydrogen-bond acceptors (Lipinski definition) is 9. The Morgan fingerprint density at radius 3 is 2.43 bits per heavy atom. The van der Waals surface area contributed by atoms with Gasteiger partial charge in [-0.3, -0.25) is 0 Å². The number of nitrogens with zero attached hydrogens (tertiary/aromatic N) is 5. The van der Waals surface area contributed by atoms with Crippen molar-refractivity contribution in [3.05, 3.63) is 52.7 Å². The summed E-state index contributed by atoms with van der Waals surface area (Å²) in [5.74, 6) is 2.39. The van der Waals surface area contributed by atoms with Crippen LogP contribution in [-0.4, -0.2) is 115 Å². The number of hydrogen-bond donors (Lipinski definition) is 1. The molecule has 1 N–H and O–H groups in total. The third kappa shape index (κ3) is 7.26. The van der Waals surface area contributed by atoms with Crippen LogP contribution < -0.4 is 28.7 Å². The summed E-state index contributed by atoms with van der Waals surface area (Å²) in [6.45, 7) is 7.19. The van der Waals surface area contributed by atoms with E-state index in [1.54, 1.807) is 20.4 Å². The normalized spacial score (nSPS) is 17.5. The van der Waals surface area contributed by atoms with Crippen molar-refractivity contribution in [1.29, 1.82) is 0 Å². The summed E-state index contributed by atoms with van der Waals surface area (Å²) in [6, 6.07) is 10.6. The summed E-state index contributed by atoms with van der Waals surface area (Å²) in [7, 11) is 3.38. The Balaban J connectivity index is 1.16. The summed E-state index contributed by atoms with van der Waals surface area (Å²) in [6.07, 6.45) is 5.70. The summed E-state index contributed by atoms with van der Waals surface area (Å²) in [5, 5.41) is 3.82. The number of ether oxygens (including phenoxy) is 3. The molecule has 2 saturated heterocycles. The third-order valence-electron chi connectivity index (χ3n) is 8.54. The molecule has 0 radical (unpaired) electrons. The Hall–Kier alpha value is -3.04. The maximum absolute atomic E-state index is 12.8. The minimum absolute atomic E-state index is 0.258. The van der Waals surface area contributed by atoms with E-state index in [0.717, 1.165) is 104 Å². The van der Waals surface area contributed by atoms with Crippen molar-refractivity contribution in [1.82, 2.24) is 19.8 Å². The molecule has 2 fully saturated rings. The molecule has 1 aromatic heterocycles. The zero-order chi connectivity index (χ0) is 30.5. The SMILES string of the molecule is COc1cc(N2CCOCC2)ccc1Nc1nc([AsH]c2cc3c(cc2OC)CCN(CC(=O)N2CCCC2)CC3)ncc1Cl. The Morgan fingerprint density at radius 2 is 1.70 bits per heavy atom. The third-order valence-corrected chi connectivity index (χ3v) is 11.2. The zero-order valence-corrected chi connectivity index (χ0v) is 28.3. The van der Waals surface area contributed by atoms with E-state index < -0.39 is 15.8 Å². The fourth-order valence-electron chi connectivity index (χ4n) is 6.05. The minimum atomic E-state index is -0.930. The second-order valence-corrected chi connectivity index (χ2v) is 14.3. The van der Waals surface area contributed by atoms with E-state index in [1.807, 2.05) is 17.0 Å². The molecule has 0 bridgehead atoms. The van der Waals surface area contributed by atoms with Gasteiger partial charge in [-0.2, -0.15) is 0 Å². The predicted molar refractivity (Wildman–Crippen MR) is 175 cm³/mol. The average molecular weight is 683 g/mol. The second-order valence-electron chi connectivity index (χ2n) is 11.3. The van der Waals surface area contributed by atoms with Crippen molar-refractivity contribution in [2.45, 2.75) is 25.7 Å². The molecule has 4 heterocycles. The molecule has 0 saturated carbocycles. The van der Waals surface area contributed by atoms with E-state index in [9.17, 15) is 4.79 Å². The van der Waals surface area contributed by atoms with Crippen LogP contribution >= 0.6 is 11.6 Å². The molecule has 234 valence electrons. The van der Waals surface area contributed by atoms with E-state index in [0.29, 0.717) is 23.1 Å². The number of benzene rings is 2.